The molecule has 1 aliphatic heterocycles. The summed E-state index contributed by atoms with van der Waals surface area (Å²) in [5.74, 6) is 0.781. The molecule has 2 N–H and O–H groups in total. The number of aryl methyl sites for hydroxylation is 1. The quantitative estimate of drug-likeness (QED) is 0.649. The molecule has 3 heteroatoms. The van der Waals surface area contributed by atoms with Gasteiger partial charge in [-0.3, -0.25) is 0 Å². The first-order valence-electron chi connectivity index (χ1n) is 4.33. The van der Waals surface area contributed by atoms with E-state index in [1.54, 1.807) is 0 Å². The van der Waals surface area contributed by atoms with Crippen LogP contribution >= 0.6 is 11.6 Å². The molecule has 1 aromatic carbocycles. The van der Waals surface area contributed by atoms with Crippen LogP contribution in [0.5, 0.6) is 5.75 Å². The van der Waals surface area contributed by atoms with Crippen molar-refractivity contribution >= 4 is 17.3 Å². The topological polar surface area (TPSA) is 35.2 Å². The molecule has 1 aliphatic rings. The Morgan fingerprint density at radius 3 is 3.00 bits per heavy atom. The van der Waals surface area contributed by atoms with Crippen LogP contribution in [0.15, 0.2) is 6.07 Å². The van der Waals surface area contributed by atoms with Crippen LogP contribution < -0.4 is 10.5 Å². The summed E-state index contributed by atoms with van der Waals surface area (Å²) < 4.78 is 5.56. The fourth-order valence-corrected chi connectivity index (χ4v) is 1.94. The van der Waals surface area contributed by atoms with Crippen LogP contribution in [-0.4, -0.2) is 6.10 Å². The summed E-state index contributed by atoms with van der Waals surface area (Å²) in [6, 6.07) is 1.86. The highest BCUT2D eigenvalue weighted by Gasteiger charge is 2.24. The normalized spacial score (nSPS) is 19.8. The number of benzene rings is 1. The number of anilines is 1. The number of ether oxygens (including phenoxy) is 1. The third kappa shape index (κ3) is 1.25. The molecular weight excluding hydrogens is 186 g/mol. The van der Waals surface area contributed by atoms with Crippen LogP contribution in [0.4, 0.5) is 5.69 Å². The van der Waals surface area contributed by atoms with Gasteiger partial charge in [-0.1, -0.05) is 11.6 Å². The predicted octanol–water partition coefficient (Wildman–Crippen LogP) is 2.55. The number of halogens is 1. The highest BCUT2D eigenvalue weighted by Crippen LogP contribution is 2.40. The van der Waals surface area contributed by atoms with Crippen molar-refractivity contribution in [1.82, 2.24) is 0 Å². The number of nitrogens with two attached hydrogens (primary N) is 1. The summed E-state index contributed by atoms with van der Waals surface area (Å²) >= 11 is 6.14. The highest BCUT2D eigenvalue weighted by atomic mass is 35.5. The van der Waals surface area contributed by atoms with E-state index in [9.17, 15) is 0 Å². The van der Waals surface area contributed by atoms with Gasteiger partial charge in [-0.05, 0) is 25.5 Å². The molecule has 0 saturated heterocycles. The zero-order valence-corrected chi connectivity index (χ0v) is 8.48. The molecule has 0 radical (unpaired) electrons. The lowest BCUT2D eigenvalue weighted by Gasteiger charge is -2.07. The molecule has 1 heterocycles. The van der Waals surface area contributed by atoms with Gasteiger partial charge in [0.2, 0.25) is 0 Å². The van der Waals surface area contributed by atoms with Gasteiger partial charge in [0.25, 0.3) is 0 Å². The third-order valence-corrected chi connectivity index (χ3v) is 2.86. The third-order valence-electron chi connectivity index (χ3n) is 2.33. The second kappa shape index (κ2) is 2.81. The van der Waals surface area contributed by atoms with E-state index in [-0.39, 0.29) is 6.10 Å². The Labute approximate surface area is 82.6 Å². The first-order valence-corrected chi connectivity index (χ1v) is 4.71. The summed E-state index contributed by atoms with van der Waals surface area (Å²) in [6.45, 7) is 3.98. The molecule has 1 aromatic rings. The molecule has 0 aromatic heterocycles. The summed E-state index contributed by atoms with van der Waals surface area (Å²) in [4.78, 5) is 0. The van der Waals surface area contributed by atoms with Gasteiger partial charge in [0.15, 0.2) is 0 Å². The van der Waals surface area contributed by atoms with Crippen LogP contribution in [0.1, 0.15) is 18.1 Å². The first kappa shape index (κ1) is 8.70. The van der Waals surface area contributed by atoms with Gasteiger partial charge in [0, 0.05) is 12.0 Å². The van der Waals surface area contributed by atoms with E-state index < -0.39 is 0 Å². The molecule has 0 bridgehead atoms. The Hall–Kier alpha value is -0.890. The Bertz CT molecular complexity index is 362. The number of hydrogen-bond acceptors (Lipinski definition) is 2. The zero-order valence-electron chi connectivity index (χ0n) is 7.73. The molecule has 1 atom stereocenters. The maximum atomic E-state index is 6.14. The van der Waals surface area contributed by atoms with E-state index in [1.807, 2.05) is 19.9 Å². The Morgan fingerprint density at radius 1 is 1.62 bits per heavy atom. The standard InChI is InChI=1S/C10H12ClNO/c1-5-3-8(12)10-7(9(5)11)4-6(2)13-10/h3,6H,4,12H2,1-2H3. The minimum atomic E-state index is 0.191. The van der Waals surface area contributed by atoms with Gasteiger partial charge < -0.3 is 10.5 Å². The van der Waals surface area contributed by atoms with Gasteiger partial charge in [0.05, 0.1) is 10.7 Å². The monoisotopic (exact) mass is 197 g/mol. The van der Waals surface area contributed by atoms with E-state index in [2.05, 4.69) is 0 Å². The van der Waals surface area contributed by atoms with Crippen molar-refractivity contribution in [2.24, 2.45) is 0 Å². The lowest BCUT2D eigenvalue weighted by Crippen LogP contribution is -2.05. The molecule has 0 saturated carbocycles. The van der Waals surface area contributed by atoms with E-state index in [1.165, 1.54) is 0 Å². The van der Waals surface area contributed by atoms with E-state index >= 15 is 0 Å². The molecule has 13 heavy (non-hydrogen) atoms. The smallest absolute Gasteiger partial charge is 0.147 e. The fourth-order valence-electron chi connectivity index (χ4n) is 1.73. The fraction of sp³-hybridized carbons (Fsp3) is 0.400. The van der Waals surface area contributed by atoms with Crippen molar-refractivity contribution in [2.45, 2.75) is 26.4 Å². The minimum absolute atomic E-state index is 0.191. The Morgan fingerprint density at radius 2 is 2.31 bits per heavy atom. The van der Waals surface area contributed by atoms with Crippen molar-refractivity contribution in [1.29, 1.82) is 0 Å². The van der Waals surface area contributed by atoms with Crippen LogP contribution in [0.3, 0.4) is 0 Å². The second-order valence-corrected chi connectivity index (χ2v) is 3.91. The summed E-state index contributed by atoms with van der Waals surface area (Å²) in [5.41, 5.74) is 8.60. The Kier molecular flexibility index (Phi) is 1.88. The largest absolute Gasteiger partial charge is 0.488 e. The second-order valence-electron chi connectivity index (χ2n) is 3.54. The average molecular weight is 198 g/mol. The first-order chi connectivity index (χ1) is 6.09. The molecule has 2 nitrogen and oxygen atoms in total. The molecule has 0 amide bonds. The summed E-state index contributed by atoms with van der Waals surface area (Å²) in [6.07, 6.45) is 1.05. The van der Waals surface area contributed by atoms with Gasteiger partial charge >= 0.3 is 0 Å². The Balaban J connectivity index is 2.62. The predicted molar refractivity (Wildman–Crippen MR) is 54.4 cm³/mol. The number of fused-ring (bicyclic) bond motifs is 1. The molecule has 0 fully saturated rings. The average Bonchev–Trinajstić information content (AvgIpc) is 2.44. The van der Waals surface area contributed by atoms with E-state index in [0.717, 1.165) is 28.3 Å². The van der Waals surface area contributed by atoms with Crippen molar-refractivity contribution in [3.63, 3.8) is 0 Å². The van der Waals surface area contributed by atoms with Gasteiger partial charge in [-0.15, -0.1) is 0 Å². The lowest BCUT2D eigenvalue weighted by atomic mass is 10.1. The molecule has 2 rings (SSSR count). The van der Waals surface area contributed by atoms with E-state index in [0.29, 0.717) is 5.69 Å². The molecular formula is C10H12ClNO. The minimum Gasteiger partial charge on any atom is -0.488 e. The highest BCUT2D eigenvalue weighted by molar-refractivity contribution is 6.32. The van der Waals surface area contributed by atoms with Gasteiger partial charge in [-0.2, -0.15) is 0 Å². The number of nitrogen functional groups attached to an aromatic ring is 1. The zero-order chi connectivity index (χ0) is 9.59. The van der Waals surface area contributed by atoms with Crippen molar-refractivity contribution in [3.05, 3.63) is 22.2 Å². The lowest BCUT2D eigenvalue weighted by molar-refractivity contribution is 0.256. The SMILES string of the molecule is Cc1cc(N)c2c(c1Cl)CC(C)O2. The number of hydrogen-bond donors (Lipinski definition) is 1. The van der Waals surface area contributed by atoms with Crippen LogP contribution in [0.25, 0.3) is 0 Å². The molecule has 0 spiro atoms. The van der Waals surface area contributed by atoms with Crippen molar-refractivity contribution in [2.75, 3.05) is 5.73 Å². The molecule has 1 unspecified atom stereocenters. The maximum Gasteiger partial charge on any atom is 0.147 e. The maximum absolute atomic E-state index is 6.14. The van der Waals surface area contributed by atoms with Crippen molar-refractivity contribution in [3.8, 4) is 5.75 Å². The molecule has 0 aliphatic carbocycles. The number of rotatable bonds is 0. The van der Waals surface area contributed by atoms with Crippen LogP contribution in [-0.2, 0) is 6.42 Å². The van der Waals surface area contributed by atoms with Gasteiger partial charge in [-0.25, -0.2) is 0 Å². The van der Waals surface area contributed by atoms with Crippen molar-refractivity contribution < 1.29 is 4.74 Å². The molecule has 70 valence electrons. The van der Waals surface area contributed by atoms with E-state index in [4.69, 9.17) is 22.1 Å². The van der Waals surface area contributed by atoms with Crippen LogP contribution in [0.2, 0.25) is 5.02 Å². The summed E-state index contributed by atoms with van der Waals surface area (Å²) in [7, 11) is 0. The summed E-state index contributed by atoms with van der Waals surface area (Å²) in [5, 5.41) is 0.800. The van der Waals surface area contributed by atoms with Crippen LogP contribution in [0, 0.1) is 6.92 Å². The van der Waals surface area contributed by atoms with Gasteiger partial charge in [0.1, 0.15) is 11.9 Å².